The first-order chi connectivity index (χ1) is 4.97. The van der Waals surface area contributed by atoms with Gasteiger partial charge in [-0.05, 0) is 12.1 Å². The van der Waals surface area contributed by atoms with Crippen molar-refractivity contribution in [2.75, 3.05) is 0 Å². The van der Waals surface area contributed by atoms with Gasteiger partial charge in [0.15, 0.2) is 0 Å². The molecule has 0 aromatic carbocycles. The molecule has 2 rings (SSSR count). The van der Waals surface area contributed by atoms with Crippen molar-refractivity contribution in [2.24, 2.45) is 0 Å². The Labute approximate surface area is 60.4 Å². The highest BCUT2D eigenvalue weighted by Gasteiger charge is 1.97. The predicted octanol–water partition coefficient (Wildman–Crippen LogP) is 1.69. The van der Waals surface area contributed by atoms with Crippen LogP contribution in [0.3, 0.4) is 0 Å². The van der Waals surface area contributed by atoms with Gasteiger partial charge in [0, 0.05) is 18.0 Å². The fraction of sp³-hybridized carbons (Fsp3) is 0. The molecule has 2 heteroatoms. The number of fused-ring (bicyclic) bond motifs is 1. The third kappa shape index (κ3) is 0.739. The van der Waals surface area contributed by atoms with E-state index in [0.29, 0.717) is 0 Å². The molecule has 0 aromatic heterocycles. The van der Waals surface area contributed by atoms with E-state index >= 15 is 0 Å². The average molecular weight is 131 g/mol. The van der Waals surface area contributed by atoms with E-state index in [4.69, 9.17) is 0 Å². The van der Waals surface area contributed by atoms with Crippen LogP contribution in [0.1, 0.15) is 1.43 Å². The van der Waals surface area contributed by atoms with Crippen LogP contribution in [0.5, 0.6) is 0 Å². The van der Waals surface area contributed by atoms with Crippen molar-refractivity contribution in [3.63, 3.8) is 0 Å². The van der Waals surface area contributed by atoms with E-state index in [2.05, 4.69) is 9.97 Å². The summed E-state index contributed by atoms with van der Waals surface area (Å²) in [6, 6.07) is 5.87. The first kappa shape index (κ1) is 5.35. The molecular weight excluding hydrogens is 124 g/mol. The first-order valence-electron chi connectivity index (χ1n) is 3.11. The van der Waals surface area contributed by atoms with E-state index in [0.717, 1.165) is 11.3 Å². The quantitative estimate of drug-likeness (QED) is 0.543. The summed E-state index contributed by atoms with van der Waals surface area (Å²) in [6.07, 6.45) is 5.30. The Balaban J connectivity index is 0.000000605. The fourth-order valence-electron chi connectivity index (χ4n) is 0.917. The molecule has 10 heavy (non-hydrogen) atoms. The minimum absolute atomic E-state index is 0. The second kappa shape index (κ2) is 2.06. The molecule has 0 fully saturated rings. The van der Waals surface area contributed by atoms with Gasteiger partial charge in [0.2, 0.25) is 0 Å². The lowest BCUT2D eigenvalue weighted by Crippen LogP contribution is -1.67. The Bertz CT molecular complexity index is 283. The van der Waals surface area contributed by atoms with Crippen LogP contribution in [0.25, 0.3) is 11.3 Å². The van der Waals surface area contributed by atoms with Crippen LogP contribution >= 0.6 is 0 Å². The average Bonchev–Trinajstić information content (AvgIpc) is 2.28. The van der Waals surface area contributed by atoms with Crippen molar-refractivity contribution >= 4 is 0 Å². The minimum atomic E-state index is 0. The maximum Gasteiger partial charge on any atom is 1.00 e. The minimum Gasteiger partial charge on any atom is -0.262 e. The van der Waals surface area contributed by atoms with Crippen LogP contribution < -0.4 is 0 Å². The number of nitrogens with zero attached hydrogens (tertiary/aromatic N) is 2. The summed E-state index contributed by atoms with van der Waals surface area (Å²) in [5.74, 6) is 0. The molecule has 0 N–H and O–H groups in total. The number of hydrogen-bond donors (Lipinski definition) is 0. The summed E-state index contributed by atoms with van der Waals surface area (Å²) in [7, 11) is 0. The molecule has 0 aromatic rings. The maximum absolute atomic E-state index is 4.10. The molecule has 2 heterocycles. The van der Waals surface area contributed by atoms with Crippen LogP contribution in [-0.2, 0) is 0 Å². The molecule has 0 bridgehead atoms. The zero-order valence-electron chi connectivity index (χ0n) is 6.36. The van der Waals surface area contributed by atoms with Crippen molar-refractivity contribution in [1.29, 1.82) is 0 Å². The second-order valence-electron chi connectivity index (χ2n) is 2.07. The smallest absolute Gasteiger partial charge is 0.262 e. The zero-order chi connectivity index (χ0) is 6.81. The van der Waals surface area contributed by atoms with Crippen LogP contribution in [0.15, 0.2) is 36.8 Å². The lowest BCUT2D eigenvalue weighted by Gasteiger charge is -1.82. The summed E-state index contributed by atoms with van der Waals surface area (Å²) in [5, 5.41) is 0. The Morgan fingerprint density at radius 3 is 3.20 bits per heavy atom. The van der Waals surface area contributed by atoms with E-state index in [1.807, 2.05) is 18.2 Å². The third-order valence-corrected chi connectivity index (χ3v) is 1.41. The van der Waals surface area contributed by atoms with Gasteiger partial charge in [0.05, 0.1) is 11.9 Å². The molecule has 2 aliphatic heterocycles. The van der Waals surface area contributed by atoms with Gasteiger partial charge in [-0.15, -0.1) is 0 Å². The molecule has 0 unspecified atom stereocenters. The summed E-state index contributed by atoms with van der Waals surface area (Å²) in [4.78, 5) is 8.08. The van der Waals surface area contributed by atoms with E-state index in [1.165, 1.54) is 0 Å². The maximum atomic E-state index is 4.10. The predicted molar refractivity (Wildman–Crippen MR) is 39.8 cm³/mol. The summed E-state index contributed by atoms with van der Waals surface area (Å²) in [6.45, 7) is 0. The van der Waals surface area contributed by atoms with E-state index in [1.54, 1.807) is 18.6 Å². The van der Waals surface area contributed by atoms with Crippen molar-refractivity contribution in [3.8, 4) is 11.3 Å². The van der Waals surface area contributed by atoms with Gasteiger partial charge in [0.25, 0.3) is 0 Å². The van der Waals surface area contributed by atoms with Gasteiger partial charge >= 0.3 is 1.43 Å². The molecule has 0 amide bonds. The van der Waals surface area contributed by atoms with Crippen molar-refractivity contribution in [1.82, 2.24) is 9.97 Å². The molecule has 0 aliphatic carbocycles. The lowest BCUT2D eigenvalue weighted by molar-refractivity contribution is 1.32. The third-order valence-electron chi connectivity index (χ3n) is 1.41. The molecule has 2 aliphatic rings. The summed E-state index contributed by atoms with van der Waals surface area (Å²) >= 11 is 0. The highest BCUT2D eigenvalue weighted by atomic mass is 14.7. The molecular formula is C8H7N2+. The summed E-state index contributed by atoms with van der Waals surface area (Å²) < 4.78 is 0. The Hall–Kier alpha value is -1.44. The van der Waals surface area contributed by atoms with Gasteiger partial charge in [-0.25, -0.2) is 0 Å². The molecule has 0 saturated carbocycles. The monoisotopic (exact) mass is 131 g/mol. The van der Waals surface area contributed by atoms with Gasteiger partial charge in [-0.2, -0.15) is 0 Å². The summed E-state index contributed by atoms with van der Waals surface area (Å²) in [5.41, 5.74) is 2.09. The van der Waals surface area contributed by atoms with Crippen molar-refractivity contribution in [2.45, 2.75) is 0 Å². The first-order valence-corrected chi connectivity index (χ1v) is 3.11. The van der Waals surface area contributed by atoms with Crippen molar-refractivity contribution in [3.05, 3.63) is 36.8 Å². The Kier molecular flexibility index (Phi) is 1.10. The molecule has 0 spiro atoms. The van der Waals surface area contributed by atoms with Crippen LogP contribution in [-0.4, -0.2) is 9.97 Å². The topological polar surface area (TPSA) is 25.8 Å². The largest absolute Gasteiger partial charge is 1.00 e. The Morgan fingerprint density at radius 2 is 2.20 bits per heavy atom. The van der Waals surface area contributed by atoms with Crippen LogP contribution in [0.2, 0.25) is 0 Å². The molecule has 0 radical (unpaired) electrons. The standard InChI is InChI=1S/C8H6N2/c1-2-7-3-5-10-8(7)6-9-4-1/h1-6H/p+1. The second-order valence-corrected chi connectivity index (χ2v) is 2.07. The van der Waals surface area contributed by atoms with Crippen LogP contribution in [0.4, 0.5) is 0 Å². The molecule has 48 valence electrons. The van der Waals surface area contributed by atoms with E-state index in [9.17, 15) is 0 Å². The van der Waals surface area contributed by atoms with E-state index in [-0.39, 0.29) is 1.43 Å². The van der Waals surface area contributed by atoms with E-state index < -0.39 is 0 Å². The molecule has 0 saturated heterocycles. The fourth-order valence-corrected chi connectivity index (χ4v) is 0.917. The highest BCUT2D eigenvalue weighted by molar-refractivity contribution is 5.58. The molecule has 0 atom stereocenters. The van der Waals surface area contributed by atoms with Gasteiger partial charge in [-0.1, -0.05) is 6.07 Å². The Morgan fingerprint density at radius 1 is 1.20 bits per heavy atom. The normalized spacial score (nSPS) is 10.0. The lowest BCUT2D eigenvalue weighted by atomic mass is 10.2. The molecule has 2 nitrogen and oxygen atoms in total. The van der Waals surface area contributed by atoms with Crippen molar-refractivity contribution < 1.29 is 1.43 Å². The van der Waals surface area contributed by atoms with Gasteiger partial charge in [0.1, 0.15) is 0 Å². The number of aromatic nitrogens is 2. The van der Waals surface area contributed by atoms with Gasteiger partial charge in [-0.3, -0.25) is 9.97 Å². The number of hydrogen-bond acceptors (Lipinski definition) is 2. The zero-order valence-corrected chi connectivity index (χ0v) is 5.36. The van der Waals surface area contributed by atoms with Crippen LogP contribution in [0, 0.1) is 0 Å². The SMILES string of the molecule is [H+].c1cncc2nccc-2c1. The number of rotatable bonds is 0. The van der Waals surface area contributed by atoms with Gasteiger partial charge < -0.3 is 0 Å². The highest BCUT2D eigenvalue weighted by Crippen LogP contribution is 2.15.